The molecule has 26 heavy (non-hydrogen) atoms. The summed E-state index contributed by atoms with van der Waals surface area (Å²) in [4.78, 5) is 38.3. The molecule has 0 aliphatic carbocycles. The SMILES string of the molecule is CN(Cc1ccc(-c2ccccc2)cc1)C(=O)CN1C(=O)CCNC1=O. The summed E-state index contributed by atoms with van der Waals surface area (Å²) < 4.78 is 0. The zero-order chi connectivity index (χ0) is 18.5. The Kier molecular flexibility index (Phi) is 5.31. The lowest BCUT2D eigenvalue weighted by Crippen LogP contribution is -2.53. The minimum Gasteiger partial charge on any atom is -0.340 e. The Balaban J connectivity index is 1.60. The zero-order valence-electron chi connectivity index (χ0n) is 14.6. The average molecular weight is 351 g/mol. The van der Waals surface area contributed by atoms with Gasteiger partial charge < -0.3 is 10.2 Å². The fourth-order valence-electron chi connectivity index (χ4n) is 2.83. The molecule has 6 heteroatoms. The van der Waals surface area contributed by atoms with Crippen molar-refractivity contribution >= 4 is 17.8 Å². The Bertz CT molecular complexity index is 787. The van der Waals surface area contributed by atoms with Crippen molar-refractivity contribution < 1.29 is 14.4 Å². The molecule has 0 aromatic heterocycles. The van der Waals surface area contributed by atoms with Gasteiger partial charge in [0, 0.05) is 26.6 Å². The van der Waals surface area contributed by atoms with Crippen molar-refractivity contribution in [1.29, 1.82) is 0 Å². The smallest absolute Gasteiger partial charge is 0.324 e. The van der Waals surface area contributed by atoms with E-state index in [1.807, 2.05) is 54.6 Å². The summed E-state index contributed by atoms with van der Waals surface area (Å²) in [6.45, 7) is 0.507. The third-order valence-corrected chi connectivity index (χ3v) is 4.36. The van der Waals surface area contributed by atoms with Crippen LogP contribution in [0.5, 0.6) is 0 Å². The monoisotopic (exact) mass is 351 g/mol. The predicted molar refractivity (Wildman–Crippen MR) is 98.1 cm³/mol. The quantitative estimate of drug-likeness (QED) is 0.898. The number of hydrogen-bond donors (Lipinski definition) is 1. The number of benzene rings is 2. The number of carbonyl (C=O) groups is 3. The summed E-state index contributed by atoms with van der Waals surface area (Å²) in [5.41, 5.74) is 3.23. The van der Waals surface area contributed by atoms with Crippen molar-refractivity contribution in [2.24, 2.45) is 0 Å². The summed E-state index contributed by atoms with van der Waals surface area (Å²) in [6.07, 6.45) is 0.226. The Morgan fingerprint density at radius 2 is 1.69 bits per heavy atom. The van der Waals surface area contributed by atoms with E-state index in [0.29, 0.717) is 13.1 Å². The minimum absolute atomic E-state index is 0.226. The van der Waals surface area contributed by atoms with Crippen LogP contribution in [0, 0.1) is 0 Å². The standard InChI is InChI=1S/C20H21N3O3/c1-22(19(25)14-23-18(24)11-12-21-20(23)26)13-15-7-9-17(10-8-15)16-5-3-2-4-6-16/h2-10H,11-14H2,1H3,(H,21,26). The number of nitrogens with zero attached hydrogens (tertiary/aromatic N) is 2. The van der Waals surface area contributed by atoms with Crippen LogP contribution in [0.1, 0.15) is 12.0 Å². The normalized spacial score (nSPS) is 14.1. The second-order valence-corrected chi connectivity index (χ2v) is 6.27. The van der Waals surface area contributed by atoms with Crippen LogP contribution >= 0.6 is 0 Å². The first-order valence-corrected chi connectivity index (χ1v) is 8.51. The summed E-state index contributed by atoms with van der Waals surface area (Å²) in [7, 11) is 1.67. The molecular formula is C20H21N3O3. The highest BCUT2D eigenvalue weighted by Crippen LogP contribution is 2.19. The van der Waals surface area contributed by atoms with Crippen LogP contribution in [-0.4, -0.2) is 47.8 Å². The summed E-state index contributed by atoms with van der Waals surface area (Å²) in [6, 6.07) is 17.5. The maximum Gasteiger partial charge on any atom is 0.324 e. The van der Waals surface area contributed by atoms with Crippen molar-refractivity contribution in [2.75, 3.05) is 20.1 Å². The molecule has 0 radical (unpaired) electrons. The second kappa shape index (κ2) is 7.82. The number of rotatable bonds is 5. The Hall–Kier alpha value is -3.15. The molecule has 1 N–H and O–H groups in total. The Morgan fingerprint density at radius 3 is 2.35 bits per heavy atom. The van der Waals surface area contributed by atoms with Crippen LogP contribution in [0.25, 0.3) is 11.1 Å². The molecule has 0 atom stereocenters. The molecule has 6 nitrogen and oxygen atoms in total. The van der Waals surface area contributed by atoms with Gasteiger partial charge in [0.05, 0.1) is 0 Å². The highest BCUT2D eigenvalue weighted by Gasteiger charge is 2.28. The van der Waals surface area contributed by atoms with E-state index in [0.717, 1.165) is 21.6 Å². The van der Waals surface area contributed by atoms with Crippen molar-refractivity contribution in [2.45, 2.75) is 13.0 Å². The summed E-state index contributed by atoms with van der Waals surface area (Å²) >= 11 is 0. The number of amides is 4. The van der Waals surface area contributed by atoms with Crippen molar-refractivity contribution in [1.82, 2.24) is 15.1 Å². The van der Waals surface area contributed by atoms with E-state index < -0.39 is 6.03 Å². The number of nitrogens with one attached hydrogen (secondary N) is 1. The van der Waals surface area contributed by atoms with Gasteiger partial charge in [-0.2, -0.15) is 0 Å². The minimum atomic E-state index is -0.504. The lowest BCUT2D eigenvalue weighted by molar-refractivity contribution is -0.138. The topological polar surface area (TPSA) is 69.7 Å². The Labute approximate surface area is 152 Å². The van der Waals surface area contributed by atoms with E-state index in [2.05, 4.69) is 5.32 Å². The second-order valence-electron chi connectivity index (χ2n) is 6.27. The maximum absolute atomic E-state index is 12.3. The molecule has 2 aromatic rings. The number of carbonyl (C=O) groups excluding carboxylic acids is 3. The van der Waals surface area contributed by atoms with Gasteiger partial charge in [-0.25, -0.2) is 4.79 Å². The molecular weight excluding hydrogens is 330 g/mol. The number of urea groups is 1. The van der Waals surface area contributed by atoms with Gasteiger partial charge in [-0.1, -0.05) is 54.6 Å². The van der Waals surface area contributed by atoms with E-state index in [-0.39, 0.29) is 24.8 Å². The van der Waals surface area contributed by atoms with Crippen LogP contribution in [0.4, 0.5) is 4.79 Å². The van der Waals surface area contributed by atoms with Crippen LogP contribution in [0.3, 0.4) is 0 Å². The fourth-order valence-corrected chi connectivity index (χ4v) is 2.83. The maximum atomic E-state index is 12.3. The van der Waals surface area contributed by atoms with Gasteiger partial charge in [-0.05, 0) is 16.7 Å². The molecule has 134 valence electrons. The van der Waals surface area contributed by atoms with Gasteiger partial charge >= 0.3 is 6.03 Å². The van der Waals surface area contributed by atoms with E-state index in [9.17, 15) is 14.4 Å². The average Bonchev–Trinajstić information content (AvgIpc) is 2.66. The Morgan fingerprint density at radius 1 is 1.04 bits per heavy atom. The lowest BCUT2D eigenvalue weighted by atomic mass is 10.0. The molecule has 1 aliphatic rings. The molecule has 1 aliphatic heterocycles. The van der Waals surface area contributed by atoms with Gasteiger partial charge in [0.2, 0.25) is 11.8 Å². The zero-order valence-corrected chi connectivity index (χ0v) is 14.6. The number of likely N-dealkylation sites (N-methyl/N-ethyl adjacent to an activating group) is 1. The molecule has 0 bridgehead atoms. The van der Waals surface area contributed by atoms with E-state index >= 15 is 0 Å². The number of imide groups is 1. The molecule has 1 saturated heterocycles. The molecule has 0 spiro atoms. The van der Waals surface area contributed by atoms with Gasteiger partial charge in [0.15, 0.2) is 0 Å². The van der Waals surface area contributed by atoms with Gasteiger partial charge in [0.25, 0.3) is 0 Å². The van der Waals surface area contributed by atoms with E-state index in [1.54, 1.807) is 7.05 Å². The molecule has 4 amide bonds. The largest absolute Gasteiger partial charge is 0.340 e. The van der Waals surface area contributed by atoms with Crippen molar-refractivity contribution in [3.8, 4) is 11.1 Å². The highest BCUT2D eigenvalue weighted by atomic mass is 16.2. The van der Waals surface area contributed by atoms with Crippen LogP contribution in [-0.2, 0) is 16.1 Å². The first-order valence-electron chi connectivity index (χ1n) is 8.51. The third-order valence-electron chi connectivity index (χ3n) is 4.36. The van der Waals surface area contributed by atoms with Crippen molar-refractivity contribution in [3.05, 3.63) is 60.2 Å². The molecule has 0 unspecified atom stereocenters. The predicted octanol–water partition coefficient (Wildman–Crippen LogP) is 2.25. The molecule has 3 rings (SSSR count). The molecule has 0 saturated carbocycles. The summed E-state index contributed by atoms with van der Waals surface area (Å²) in [5.74, 6) is -0.592. The van der Waals surface area contributed by atoms with Gasteiger partial charge in [-0.15, -0.1) is 0 Å². The van der Waals surface area contributed by atoms with E-state index in [1.165, 1.54) is 4.90 Å². The van der Waals surface area contributed by atoms with Gasteiger partial charge in [-0.3, -0.25) is 14.5 Å². The lowest BCUT2D eigenvalue weighted by Gasteiger charge is -2.27. The van der Waals surface area contributed by atoms with Crippen LogP contribution in [0.15, 0.2) is 54.6 Å². The first kappa shape index (κ1) is 17.7. The highest BCUT2D eigenvalue weighted by molar-refractivity contribution is 6.00. The first-order chi connectivity index (χ1) is 12.5. The number of hydrogen-bond acceptors (Lipinski definition) is 3. The third kappa shape index (κ3) is 4.08. The molecule has 1 heterocycles. The molecule has 1 fully saturated rings. The van der Waals surface area contributed by atoms with E-state index in [4.69, 9.17) is 0 Å². The molecule has 2 aromatic carbocycles. The van der Waals surface area contributed by atoms with Gasteiger partial charge in [0.1, 0.15) is 6.54 Å². The summed E-state index contributed by atoms with van der Waals surface area (Å²) in [5, 5.41) is 2.57. The van der Waals surface area contributed by atoms with Crippen LogP contribution < -0.4 is 5.32 Å². The van der Waals surface area contributed by atoms with Crippen LogP contribution in [0.2, 0.25) is 0 Å². The fraction of sp³-hybridized carbons (Fsp3) is 0.250. The van der Waals surface area contributed by atoms with Crippen molar-refractivity contribution in [3.63, 3.8) is 0 Å².